The zero-order valence-corrected chi connectivity index (χ0v) is 8.86. The lowest BCUT2D eigenvalue weighted by Crippen LogP contribution is -1.97. The van der Waals surface area contributed by atoms with Crippen molar-refractivity contribution in [3.63, 3.8) is 0 Å². The maximum absolute atomic E-state index is 5.95. The molecule has 2 N–H and O–H groups in total. The largest absolute Gasteiger partial charge is 0.389 e. The van der Waals surface area contributed by atoms with E-state index in [9.17, 15) is 0 Å². The van der Waals surface area contributed by atoms with Gasteiger partial charge in [0.05, 0.1) is 10.7 Å². The Morgan fingerprint density at radius 3 is 2.69 bits per heavy atom. The summed E-state index contributed by atoms with van der Waals surface area (Å²) in [4.78, 5) is 4.60. The first-order valence-corrected chi connectivity index (χ1v) is 5.88. The highest BCUT2D eigenvalue weighted by Crippen LogP contribution is 2.38. The molecule has 72 valence electrons. The molecule has 1 fully saturated rings. The first kappa shape index (κ1) is 9.00. The summed E-state index contributed by atoms with van der Waals surface area (Å²) < 4.78 is 0. The smallest absolute Gasteiger partial charge is 0.110 e. The molecule has 0 aliphatic heterocycles. The van der Waals surface area contributed by atoms with E-state index >= 15 is 0 Å². The molecule has 13 heavy (non-hydrogen) atoms. The summed E-state index contributed by atoms with van der Waals surface area (Å²) in [6.07, 6.45) is 6.29. The summed E-state index contributed by atoms with van der Waals surface area (Å²) in [5.74, 6) is 0.663. The zero-order valence-electron chi connectivity index (χ0n) is 8.05. The van der Waals surface area contributed by atoms with Gasteiger partial charge in [0, 0.05) is 5.92 Å². The van der Waals surface area contributed by atoms with Gasteiger partial charge in [-0.3, -0.25) is 0 Å². The van der Waals surface area contributed by atoms with Gasteiger partial charge in [-0.1, -0.05) is 19.8 Å². The Balaban J connectivity index is 2.22. The number of hydrogen-bond donors (Lipinski definition) is 1. The molecule has 1 aromatic rings. The predicted octanol–water partition coefficient (Wildman–Crippen LogP) is 2.95. The van der Waals surface area contributed by atoms with E-state index in [2.05, 4.69) is 11.9 Å². The quantitative estimate of drug-likeness (QED) is 0.789. The van der Waals surface area contributed by atoms with Crippen molar-refractivity contribution in [2.45, 2.75) is 44.9 Å². The summed E-state index contributed by atoms with van der Waals surface area (Å²) in [5.41, 5.74) is 7.15. The Bertz CT molecular complexity index is 287. The fourth-order valence-corrected chi connectivity index (χ4v) is 2.89. The van der Waals surface area contributed by atoms with Crippen LogP contribution in [0.2, 0.25) is 0 Å². The minimum Gasteiger partial charge on any atom is -0.389 e. The minimum atomic E-state index is 0.663. The molecule has 1 aromatic heterocycles. The van der Waals surface area contributed by atoms with Crippen molar-refractivity contribution in [3.8, 4) is 0 Å². The van der Waals surface area contributed by atoms with Crippen LogP contribution >= 0.6 is 11.3 Å². The van der Waals surface area contributed by atoms with Crippen LogP contribution in [0.1, 0.15) is 49.2 Å². The number of nitrogen functional groups attached to an aromatic ring is 1. The van der Waals surface area contributed by atoms with Gasteiger partial charge in [-0.05, 0) is 19.3 Å². The van der Waals surface area contributed by atoms with E-state index in [-0.39, 0.29) is 0 Å². The van der Waals surface area contributed by atoms with E-state index in [0.29, 0.717) is 5.92 Å². The summed E-state index contributed by atoms with van der Waals surface area (Å²) in [7, 11) is 0. The lowest BCUT2D eigenvalue weighted by molar-refractivity contribution is 0.701. The Morgan fingerprint density at radius 2 is 2.15 bits per heavy atom. The van der Waals surface area contributed by atoms with E-state index in [1.54, 1.807) is 11.3 Å². The molecule has 2 nitrogen and oxygen atoms in total. The Hall–Kier alpha value is -0.570. The van der Waals surface area contributed by atoms with Gasteiger partial charge >= 0.3 is 0 Å². The third-order valence-electron chi connectivity index (χ3n) is 2.77. The van der Waals surface area contributed by atoms with Crippen molar-refractivity contribution in [3.05, 3.63) is 10.7 Å². The minimum absolute atomic E-state index is 0.663. The van der Waals surface area contributed by atoms with Gasteiger partial charge in [0.25, 0.3) is 0 Å². The van der Waals surface area contributed by atoms with Gasteiger partial charge in [-0.15, -0.1) is 11.3 Å². The molecule has 0 aromatic carbocycles. The van der Waals surface area contributed by atoms with Gasteiger partial charge < -0.3 is 5.73 Å². The highest BCUT2D eigenvalue weighted by molar-refractivity contribution is 7.15. The second-order valence-corrected chi connectivity index (χ2v) is 4.81. The van der Waals surface area contributed by atoms with Crippen molar-refractivity contribution in [2.75, 3.05) is 5.73 Å². The third kappa shape index (κ3) is 1.70. The van der Waals surface area contributed by atoms with Gasteiger partial charge in [0.15, 0.2) is 0 Å². The molecule has 1 aliphatic rings. The Labute approximate surface area is 83.2 Å². The fourth-order valence-electron chi connectivity index (χ4n) is 2.03. The number of anilines is 1. The number of hydrogen-bond acceptors (Lipinski definition) is 3. The molecule has 0 saturated heterocycles. The maximum atomic E-state index is 5.95. The standard InChI is InChI=1S/C10H16N2S/c1-2-8-12-9(10(11)13-8)7-5-3-4-6-7/h7H,2-6,11H2,1H3. The van der Waals surface area contributed by atoms with Crippen molar-refractivity contribution in [1.29, 1.82) is 0 Å². The SMILES string of the molecule is CCc1nc(C2CCCC2)c(N)s1. The lowest BCUT2D eigenvalue weighted by Gasteiger charge is -2.05. The number of rotatable bonds is 2. The van der Waals surface area contributed by atoms with Crippen molar-refractivity contribution in [1.82, 2.24) is 4.98 Å². The number of aromatic nitrogens is 1. The molecule has 0 amide bonds. The highest BCUT2D eigenvalue weighted by Gasteiger charge is 2.22. The maximum Gasteiger partial charge on any atom is 0.110 e. The average Bonchev–Trinajstić information content (AvgIpc) is 2.72. The topological polar surface area (TPSA) is 38.9 Å². The van der Waals surface area contributed by atoms with Gasteiger partial charge in [0.2, 0.25) is 0 Å². The van der Waals surface area contributed by atoms with Crippen LogP contribution in [0, 0.1) is 0 Å². The van der Waals surface area contributed by atoms with Gasteiger partial charge in [-0.25, -0.2) is 4.98 Å². The number of thiazole rings is 1. The third-order valence-corrected chi connectivity index (χ3v) is 3.81. The fraction of sp³-hybridized carbons (Fsp3) is 0.700. The zero-order chi connectivity index (χ0) is 9.26. The van der Waals surface area contributed by atoms with Crippen molar-refractivity contribution in [2.24, 2.45) is 0 Å². The van der Waals surface area contributed by atoms with Crippen molar-refractivity contribution < 1.29 is 0 Å². The summed E-state index contributed by atoms with van der Waals surface area (Å²) in [6.45, 7) is 2.14. The molecule has 1 heterocycles. The first-order chi connectivity index (χ1) is 6.31. The highest BCUT2D eigenvalue weighted by atomic mass is 32.1. The van der Waals surface area contributed by atoms with E-state index in [0.717, 1.165) is 11.4 Å². The summed E-state index contributed by atoms with van der Waals surface area (Å²) in [6, 6.07) is 0. The number of nitrogens with two attached hydrogens (primary N) is 1. The average molecular weight is 196 g/mol. The Morgan fingerprint density at radius 1 is 1.46 bits per heavy atom. The molecule has 0 radical (unpaired) electrons. The molecular formula is C10H16N2S. The van der Waals surface area contributed by atoms with E-state index < -0.39 is 0 Å². The first-order valence-electron chi connectivity index (χ1n) is 5.06. The lowest BCUT2D eigenvalue weighted by atomic mass is 10.1. The second-order valence-electron chi connectivity index (χ2n) is 3.69. The van der Waals surface area contributed by atoms with E-state index in [1.807, 2.05) is 0 Å². The molecule has 0 spiro atoms. The van der Waals surface area contributed by atoms with Crippen LogP contribution in [0.4, 0.5) is 5.00 Å². The Kier molecular flexibility index (Phi) is 2.54. The molecule has 0 atom stereocenters. The summed E-state index contributed by atoms with van der Waals surface area (Å²) >= 11 is 1.67. The summed E-state index contributed by atoms with van der Waals surface area (Å²) in [5, 5.41) is 2.16. The van der Waals surface area contributed by atoms with E-state index in [4.69, 9.17) is 5.73 Å². The normalized spacial score (nSPS) is 18.2. The number of nitrogens with zero attached hydrogens (tertiary/aromatic N) is 1. The molecule has 1 saturated carbocycles. The molecular weight excluding hydrogens is 180 g/mol. The van der Waals surface area contributed by atoms with Crippen LogP contribution < -0.4 is 5.73 Å². The van der Waals surface area contributed by atoms with Crippen LogP contribution in [-0.4, -0.2) is 4.98 Å². The molecule has 3 heteroatoms. The van der Waals surface area contributed by atoms with Gasteiger partial charge in [0.1, 0.15) is 5.00 Å². The van der Waals surface area contributed by atoms with Crippen LogP contribution in [-0.2, 0) is 6.42 Å². The van der Waals surface area contributed by atoms with Crippen molar-refractivity contribution >= 4 is 16.3 Å². The molecule has 1 aliphatic carbocycles. The van der Waals surface area contributed by atoms with Crippen LogP contribution in [0.25, 0.3) is 0 Å². The van der Waals surface area contributed by atoms with Crippen LogP contribution in [0.5, 0.6) is 0 Å². The van der Waals surface area contributed by atoms with Crippen LogP contribution in [0.15, 0.2) is 0 Å². The molecule has 2 rings (SSSR count). The second kappa shape index (κ2) is 3.66. The number of aryl methyl sites for hydroxylation is 1. The molecule has 0 bridgehead atoms. The molecule has 0 unspecified atom stereocenters. The monoisotopic (exact) mass is 196 g/mol. The van der Waals surface area contributed by atoms with Crippen LogP contribution in [0.3, 0.4) is 0 Å². The van der Waals surface area contributed by atoms with Gasteiger partial charge in [-0.2, -0.15) is 0 Å². The van der Waals surface area contributed by atoms with E-state index in [1.165, 1.54) is 36.4 Å². The predicted molar refractivity (Wildman–Crippen MR) is 57.1 cm³/mol.